The Labute approximate surface area is 128 Å². The molecule has 0 amide bonds. The number of nitrogens with zero attached hydrogens (tertiary/aromatic N) is 2. The van der Waals surface area contributed by atoms with E-state index in [1.807, 2.05) is 25.1 Å². The fourth-order valence-corrected chi connectivity index (χ4v) is 2.75. The van der Waals surface area contributed by atoms with Crippen molar-refractivity contribution in [2.24, 2.45) is 0 Å². The molecule has 1 saturated heterocycles. The van der Waals surface area contributed by atoms with E-state index in [9.17, 15) is 4.79 Å². The maximum atomic E-state index is 12.1. The molecule has 1 aliphatic heterocycles. The number of benzene rings is 1. The summed E-state index contributed by atoms with van der Waals surface area (Å²) in [6.07, 6.45) is -0.0991. The van der Waals surface area contributed by atoms with E-state index in [0.29, 0.717) is 5.56 Å². The molecule has 1 aliphatic rings. The molecule has 110 valence electrons. The van der Waals surface area contributed by atoms with Gasteiger partial charge in [0.05, 0.1) is 5.56 Å². The van der Waals surface area contributed by atoms with Crippen LogP contribution in [0.4, 0.5) is 0 Å². The van der Waals surface area contributed by atoms with E-state index in [2.05, 4.69) is 32.8 Å². The Morgan fingerprint density at radius 1 is 1.30 bits per heavy atom. The zero-order valence-electron chi connectivity index (χ0n) is 12.0. The number of ether oxygens (including phenoxy) is 1. The number of likely N-dealkylation sites (N-methyl/N-ethyl adjacent to an activating group) is 1. The molecule has 0 aromatic heterocycles. The molecule has 1 fully saturated rings. The molecule has 0 unspecified atom stereocenters. The predicted molar refractivity (Wildman–Crippen MR) is 83.0 cm³/mol. The summed E-state index contributed by atoms with van der Waals surface area (Å²) < 4.78 is 6.30. The van der Waals surface area contributed by atoms with E-state index < -0.39 is 0 Å². The van der Waals surface area contributed by atoms with Crippen molar-refractivity contribution in [2.45, 2.75) is 13.0 Å². The second kappa shape index (κ2) is 7.20. The highest BCUT2D eigenvalue weighted by molar-refractivity contribution is 9.10. The van der Waals surface area contributed by atoms with E-state index in [-0.39, 0.29) is 12.1 Å². The van der Waals surface area contributed by atoms with Crippen LogP contribution in [0, 0.1) is 0 Å². The number of hydrogen-bond acceptors (Lipinski definition) is 4. The molecular formula is C15H21BrN2O2. The van der Waals surface area contributed by atoms with Crippen LogP contribution in [0.15, 0.2) is 28.7 Å². The number of esters is 1. The maximum Gasteiger partial charge on any atom is 0.339 e. The molecule has 1 heterocycles. The lowest BCUT2D eigenvalue weighted by Crippen LogP contribution is -2.47. The Kier molecular flexibility index (Phi) is 5.57. The average Bonchev–Trinajstić information content (AvgIpc) is 2.41. The second-order valence-electron chi connectivity index (χ2n) is 5.30. The third-order valence-electron chi connectivity index (χ3n) is 3.51. The summed E-state index contributed by atoms with van der Waals surface area (Å²) >= 11 is 3.38. The molecule has 0 aliphatic carbocycles. The molecule has 0 saturated carbocycles. The molecule has 5 heteroatoms. The van der Waals surface area contributed by atoms with Gasteiger partial charge in [0.15, 0.2) is 0 Å². The van der Waals surface area contributed by atoms with Gasteiger partial charge in [-0.1, -0.05) is 12.1 Å². The molecule has 2 rings (SSSR count). The Morgan fingerprint density at radius 2 is 1.95 bits per heavy atom. The van der Waals surface area contributed by atoms with Crippen molar-refractivity contribution in [2.75, 3.05) is 39.8 Å². The largest absolute Gasteiger partial charge is 0.458 e. The smallest absolute Gasteiger partial charge is 0.339 e. The minimum atomic E-state index is -0.265. The number of rotatable bonds is 4. The van der Waals surface area contributed by atoms with Gasteiger partial charge >= 0.3 is 5.97 Å². The Hall–Kier alpha value is -0.910. The first-order valence-corrected chi connectivity index (χ1v) is 7.72. The molecule has 1 aromatic rings. The molecule has 4 nitrogen and oxygen atoms in total. The van der Waals surface area contributed by atoms with E-state index in [0.717, 1.165) is 37.2 Å². The van der Waals surface area contributed by atoms with E-state index in [1.54, 1.807) is 6.07 Å². The minimum absolute atomic E-state index is 0.0991. The molecular weight excluding hydrogens is 320 g/mol. The SMILES string of the molecule is C[C@H](CN1CCN(C)CC1)OC(=O)c1ccccc1Br. The van der Waals surface area contributed by atoms with Crippen molar-refractivity contribution >= 4 is 21.9 Å². The van der Waals surface area contributed by atoms with E-state index in [4.69, 9.17) is 4.74 Å². The monoisotopic (exact) mass is 340 g/mol. The van der Waals surface area contributed by atoms with Gasteiger partial charge in [-0.2, -0.15) is 0 Å². The van der Waals surface area contributed by atoms with Crippen molar-refractivity contribution in [1.82, 2.24) is 9.80 Å². The Morgan fingerprint density at radius 3 is 2.60 bits per heavy atom. The standard InChI is InChI=1S/C15H21BrN2O2/c1-12(11-18-9-7-17(2)8-10-18)20-15(19)13-5-3-4-6-14(13)16/h3-6,12H,7-11H2,1-2H3/t12-/m1/s1. The highest BCUT2D eigenvalue weighted by atomic mass is 79.9. The van der Waals surface area contributed by atoms with Crippen LogP contribution in [0.2, 0.25) is 0 Å². The fourth-order valence-electron chi connectivity index (χ4n) is 2.30. The van der Waals surface area contributed by atoms with Crippen LogP contribution >= 0.6 is 15.9 Å². The van der Waals surface area contributed by atoms with Gasteiger partial charge in [0.25, 0.3) is 0 Å². The number of piperazine rings is 1. The molecule has 0 spiro atoms. The summed E-state index contributed by atoms with van der Waals surface area (Å²) in [5, 5.41) is 0. The lowest BCUT2D eigenvalue weighted by Gasteiger charge is -2.33. The van der Waals surface area contributed by atoms with Gasteiger partial charge in [-0.3, -0.25) is 4.90 Å². The summed E-state index contributed by atoms with van der Waals surface area (Å²) in [6, 6.07) is 7.34. The maximum absolute atomic E-state index is 12.1. The number of halogens is 1. The number of carbonyl (C=O) groups excluding carboxylic acids is 1. The quantitative estimate of drug-likeness (QED) is 0.787. The van der Waals surface area contributed by atoms with Crippen LogP contribution in [0.5, 0.6) is 0 Å². The first-order chi connectivity index (χ1) is 9.56. The second-order valence-corrected chi connectivity index (χ2v) is 6.15. The summed E-state index contributed by atoms with van der Waals surface area (Å²) in [6.45, 7) is 6.97. The summed E-state index contributed by atoms with van der Waals surface area (Å²) in [7, 11) is 2.13. The van der Waals surface area contributed by atoms with E-state index in [1.165, 1.54) is 0 Å². The summed E-state index contributed by atoms with van der Waals surface area (Å²) in [4.78, 5) is 16.7. The lowest BCUT2D eigenvalue weighted by molar-refractivity contribution is 0.0206. The Bertz CT molecular complexity index is 459. The van der Waals surface area contributed by atoms with Crippen LogP contribution in [0.25, 0.3) is 0 Å². The third-order valence-corrected chi connectivity index (χ3v) is 4.20. The number of carbonyl (C=O) groups is 1. The van der Waals surface area contributed by atoms with Gasteiger partial charge in [-0.05, 0) is 42.0 Å². The van der Waals surface area contributed by atoms with Gasteiger partial charge < -0.3 is 9.64 Å². The Balaban J connectivity index is 1.84. The predicted octanol–water partition coefficient (Wildman–Crippen LogP) is 2.24. The van der Waals surface area contributed by atoms with Crippen molar-refractivity contribution in [3.63, 3.8) is 0 Å². The summed E-state index contributed by atoms with van der Waals surface area (Å²) in [5.74, 6) is -0.265. The van der Waals surface area contributed by atoms with Gasteiger partial charge in [0.2, 0.25) is 0 Å². The molecule has 0 radical (unpaired) electrons. The first kappa shape index (κ1) is 15.5. The molecule has 0 N–H and O–H groups in total. The van der Waals surface area contributed by atoms with E-state index >= 15 is 0 Å². The highest BCUT2D eigenvalue weighted by Gasteiger charge is 2.19. The third kappa shape index (κ3) is 4.30. The van der Waals surface area contributed by atoms with Gasteiger partial charge in [-0.25, -0.2) is 4.79 Å². The van der Waals surface area contributed by atoms with Crippen molar-refractivity contribution in [1.29, 1.82) is 0 Å². The molecule has 1 atom stereocenters. The van der Waals surface area contributed by atoms with Gasteiger partial charge in [-0.15, -0.1) is 0 Å². The van der Waals surface area contributed by atoms with Gasteiger partial charge in [0, 0.05) is 37.2 Å². The first-order valence-electron chi connectivity index (χ1n) is 6.92. The van der Waals surface area contributed by atoms with Crippen molar-refractivity contribution in [3.8, 4) is 0 Å². The molecule has 0 bridgehead atoms. The van der Waals surface area contributed by atoms with Crippen molar-refractivity contribution < 1.29 is 9.53 Å². The minimum Gasteiger partial charge on any atom is -0.458 e. The van der Waals surface area contributed by atoms with Crippen LogP contribution in [-0.2, 0) is 4.74 Å². The molecule has 20 heavy (non-hydrogen) atoms. The number of hydrogen-bond donors (Lipinski definition) is 0. The van der Waals surface area contributed by atoms with Gasteiger partial charge in [0.1, 0.15) is 6.10 Å². The van der Waals surface area contributed by atoms with Crippen LogP contribution in [-0.4, -0.2) is 61.6 Å². The van der Waals surface area contributed by atoms with Crippen LogP contribution < -0.4 is 0 Å². The zero-order valence-corrected chi connectivity index (χ0v) is 13.6. The summed E-state index contributed by atoms with van der Waals surface area (Å²) in [5.41, 5.74) is 0.581. The van der Waals surface area contributed by atoms with Crippen molar-refractivity contribution in [3.05, 3.63) is 34.3 Å². The zero-order chi connectivity index (χ0) is 14.5. The normalized spacial score (nSPS) is 18.8. The topological polar surface area (TPSA) is 32.8 Å². The highest BCUT2D eigenvalue weighted by Crippen LogP contribution is 2.17. The fraction of sp³-hybridized carbons (Fsp3) is 0.533. The average molecular weight is 341 g/mol. The molecule has 1 aromatic carbocycles. The van der Waals surface area contributed by atoms with Crippen LogP contribution in [0.3, 0.4) is 0 Å². The lowest BCUT2D eigenvalue weighted by atomic mass is 10.2. The van der Waals surface area contributed by atoms with Crippen LogP contribution in [0.1, 0.15) is 17.3 Å².